The molecular weight excluding hydrogens is 218 g/mol. The van der Waals surface area contributed by atoms with E-state index in [1.54, 1.807) is 23.1 Å². The van der Waals surface area contributed by atoms with Gasteiger partial charge in [0.05, 0.1) is 12.8 Å². The number of carbonyl (C=O) groups excluding carboxylic acids is 1. The van der Waals surface area contributed by atoms with Crippen LogP contribution in [0.4, 0.5) is 0 Å². The number of nitrogens with one attached hydrogen (secondary N) is 1. The van der Waals surface area contributed by atoms with Gasteiger partial charge in [0.25, 0.3) is 5.91 Å². The van der Waals surface area contributed by atoms with E-state index in [1.807, 2.05) is 19.9 Å². The standard InChI is InChI=1S/C12H15N3O2/c1-3-15-9(2)7-11(14-15)12(16)13-8-10-5-4-6-17-10/h4-7H,3,8H2,1-2H3,(H,13,16). The van der Waals surface area contributed by atoms with Crippen LogP contribution in [0.25, 0.3) is 0 Å². The quantitative estimate of drug-likeness (QED) is 0.874. The molecule has 17 heavy (non-hydrogen) atoms. The Hall–Kier alpha value is -2.04. The fraction of sp³-hybridized carbons (Fsp3) is 0.333. The highest BCUT2D eigenvalue weighted by atomic mass is 16.3. The van der Waals surface area contributed by atoms with Gasteiger partial charge in [-0.2, -0.15) is 5.10 Å². The number of amides is 1. The Morgan fingerprint density at radius 3 is 3.00 bits per heavy atom. The van der Waals surface area contributed by atoms with E-state index < -0.39 is 0 Å². The monoisotopic (exact) mass is 233 g/mol. The lowest BCUT2D eigenvalue weighted by molar-refractivity contribution is 0.0942. The topological polar surface area (TPSA) is 60.1 Å². The Balaban J connectivity index is 1.99. The molecule has 0 saturated carbocycles. The van der Waals surface area contributed by atoms with Crippen LogP contribution in [0.1, 0.15) is 28.9 Å². The van der Waals surface area contributed by atoms with Crippen molar-refractivity contribution >= 4 is 5.91 Å². The largest absolute Gasteiger partial charge is 0.467 e. The third-order valence-corrected chi connectivity index (χ3v) is 2.52. The first-order valence-electron chi connectivity index (χ1n) is 5.55. The average molecular weight is 233 g/mol. The maximum absolute atomic E-state index is 11.8. The van der Waals surface area contributed by atoms with Gasteiger partial charge in [0.2, 0.25) is 0 Å². The normalized spacial score (nSPS) is 10.5. The van der Waals surface area contributed by atoms with Gasteiger partial charge in [-0.3, -0.25) is 9.48 Å². The van der Waals surface area contributed by atoms with Gasteiger partial charge in [-0.1, -0.05) is 0 Å². The van der Waals surface area contributed by atoms with Crippen LogP contribution >= 0.6 is 0 Å². The number of rotatable bonds is 4. The lowest BCUT2D eigenvalue weighted by Gasteiger charge is -2.00. The summed E-state index contributed by atoms with van der Waals surface area (Å²) in [5, 5.41) is 6.96. The fourth-order valence-electron chi connectivity index (χ4n) is 1.61. The maximum Gasteiger partial charge on any atom is 0.272 e. The summed E-state index contributed by atoms with van der Waals surface area (Å²) in [5.74, 6) is 0.543. The first kappa shape index (κ1) is 11.4. The van der Waals surface area contributed by atoms with Crippen LogP contribution in [0.5, 0.6) is 0 Å². The van der Waals surface area contributed by atoms with E-state index in [2.05, 4.69) is 10.4 Å². The van der Waals surface area contributed by atoms with Gasteiger partial charge in [0.15, 0.2) is 0 Å². The van der Waals surface area contributed by atoms with Crippen molar-refractivity contribution in [1.82, 2.24) is 15.1 Å². The van der Waals surface area contributed by atoms with E-state index >= 15 is 0 Å². The highest BCUT2D eigenvalue weighted by Crippen LogP contribution is 2.04. The molecule has 2 aromatic heterocycles. The molecule has 2 heterocycles. The maximum atomic E-state index is 11.8. The molecule has 0 unspecified atom stereocenters. The van der Waals surface area contributed by atoms with Gasteiger partial charge >= 0.3 is 0 Å². The summed E-state index contributed by atoms with van der Waals surface area (Å²) in [7, 11) is 0. The molecule has 0 atom stereocenters. The summed E-state index contributed by atoms with van der Waals surface area (Å²) in [6, 6.07) is 5.38. The minimum atomic E-state index is -0.184. The van der Waals surface area contributed by atoms with Gasteiger partial charge in [-0.15, -0.1) is 0 Å². The van der Waals surface area contributed by atoms with Crippen molar-refractivity contribution in [3.8, 4) is 0 Å². The summed E-state index contributed by atoms with van der Waals surface area (Å²) >= 11 is 0. The Morgan fingerprint density at radius 2 is 2.41 bits per heavy atom. The van der Waals surface area contributed by atoms with Crippen LogP contribution < -0.4 is 5.32 Å². The molecule has 0 aliphatic rings. The summed E-state index contributed by atoms with van der Waals surface area (Å²) in [6.45, 7) is 5.06. The third-order valence-electron chi connectivity index (χ3n) is 2.52. The second-order valence-electron chi connectivity index (χ2n) is 3.75. The zero-order chi connectivity index (χ0) is 12.3. The Kier molecular flexibility index (Phi) is 3.27. The molecule has 5 heteroatoms. The SMILES string of the molecule is CCn1nc(C(=O)NCc2ccco2)cc1C. The summed E-state index contributed by atoms with van der Waals surface area (Å²) in [6.07, 6.45) is 1.58. The fourth-order valence-corrected chi connectivity index (χ4v) is 1.61. The molecule has 0 aliphatic carbocycles. The molecule has 1 amide bonds. The number of furan rings is 1. The van der Waals surface area contributed by atoms with Crippen LogP contribution in [0, 0.1) is 6.92 Å². The minimum Gasteiger partial charge on any atom is -0.467 e. The molecule has 1 N–H and O–H groups in total. The second kappa shape index (κ2) is 4.86. The second-order valence-corrected chi connectivity index (χ2v) is 3.75. The molecule has 0 aromatic carbocycles. The lowest BCUT2D eigenvalue weighted by Crippen LogP contribution is -2.23. The van der Waals surface area contributed by atoms with E-state index in [9.17, 15) is 4.79 Å². The molecule has 0 saturated heterocycles. The zero-order valence-corrected chi connectivity index (χ0v) is 9.93. The van der Waals surface area contributed by atoms with Gasteiger partial charge in [-0.05, 0) is 32.0 Å². The Bertz CT molecular complexity index is 500. The van der Waals surface area contributed by atoms with Crippen molar-refractivity contribution in [3.05, 3.63) is 41.6 Å². The van der Waals surface area contributed by atoms with Crippen molar-refractivity contribution in [2.24, 2.45) is 0 Å². The number of aryl methyl sites for hydroxylation is 2. The Labute approximate surface area is 99.4 Å². The molecule has 0 bridgehead atoms. The summed E-state index contributed by atoms with van der Waals surface area (Å²) in [5.41, 5.74) is 1.42. The first-order chi connectivity index (χ1) is 8.20. The van der Waals surface area contributed by atoms with Crippen LogP contribution in [0.2, 0.25) is 0 Å². The van der Waals surface area contributed by atoms with Crippen LogP contribution in [-0.4, -0.2) is 15.7 Å². The molecule has 0 radical (unpaired) electrons. The van der Waals surface area contributed by atoms with E-state index in [1.165, 1.54) is 0 Å². The van der Waals surface area contributed by atoms with E-state index in [0.29, 0.717) is 12.2 Å². The smallest absolute Gasteiger partial charge is 0.272 e. The molecule has 90 valence electrons. The van der Waals surface area contributed by atoms with Crippen LogP contribution in [-0.2, 0) is 13.1 Å². The van der Waals surface area contributed by atoms with Crippen LogP contribution in [0.15, 0.2) is 28.9 Å². The minimum absolute atomic E-state index is 0.184. The number of hydrogen-bond acceptors (Lipinski definition) is 3. The summed E-state index contributed by atoms with van der Waals surface area (Å²) < 4.78 is 6.92. The third kappa shape index (κ3) is 2.55. The molecule has 0 spiro atoms. The van der Waals surface area contributed by atoms with Crippen LogP contribution in [0.3, 0.4) is 0 Å². The van der Waals surface area contributed by atoms with Crippen molar-refractivity contribution in [2.45, 2.75) is 26.9 Å². The van der Waals surface area contributed by atoms with Crippen molar-refractivity contribution in [3.63, 3.8) is 0 Å². The first-order valence-corrected chi connectivity index (χ1v) is 5.55. The number of nitrogens with zero attached hydrogens (tertiary/aromatic N) is 2. The molecular formula is C12H15N3O2. The highest BCUT2D eigenvalue weighted by Gasteiger charge is 2.11. The average Bonchev–Trinajstić information content (AvgIpc) is 2.94. The predicted octanol–water partition coefficient (Wildman–Crippen LogP) is 1.73. The predicted molar refractivity (Wildman–Crippen MR) is 62.5 cm³/mol. The molecule has 0 aliphatic heterocycles. The van der Waals surface area contributed by atoms with Crippen molar-refractivity contribution < 1.29 is 9.21 Å². The van der Waals surface area contributed by atoms with Crippen molar-refractivity contribution in [1.29, 1.82) is 0 Å². The summed E-state index contributed by atoms with van der Waals surface area (Å²) in [4.78, 5) is 11.8. The number of aromatic nitrogens is 2. The zero-order valence-electron chi connectivity index (χ0n) is 9.93. The van der Waals surface area contributed by atoms with Gasteiger partial charge < -0.3 is 9.73 Å². The number of carbonyl (C=O) groups is 1. The lowest BCUT2D eigenvalue weighted by atomic mass is 10.3. The highest BCUT2D eigenvalue weighted by molar-refractivity contribution is 5.92. The van der Waals surface area contributed by atoms with E-state index in [0.717, 1.165) is 18.0 Å². The van der Waals surface area contributed by atoms with Crippen molar-refractivity contribution in [2.75, 3.05) is 0 Å². The number of hydrogen-bond donors (Lipinski definition) is 1. The van der Waals surface area contributed by atoms with E-state index in [-0.39, 0.29) is 5.91 Å². The van der Waals surface area contributed by atoms with Gasteiger partial charge in [-0.25, -0.2) is 0 Å². The molecule has 5 nitrogen and oxygen atoms in total. The van der Waals surface area contributed by atoms with Gasteiger partial charge in [0, 0.05) is 12.2 Å². The molecule has 2 aromatic rings. The molecule has 0 fully saturated rings. The van der Waals surface area contributed by atoms with Gasteiger partial charge in [0.1, 0.15) is 11.5 Å². The molecule has 2 rings (SSSR count). The Morgan fingerprint density at radius 1 is 1.59 bits per heavy atom. The van der Waals surface area contributed by atoms with E-state index in [4.69, 9.17) is 4.42 Å².